The third-order valence-corrected chi connectivity index (χ3v) is 2.85. The summed E-state index contributed by atoms with van der Waals surface area (Å²) in [6.07, 6.45) is 3.60. The summed E-state index contributed by atoms with van der Waals surface area (Å²) in [4.78, 5) is 6.23. The molecule has 1 heterocycles. The molecule has 0 atom stereocenters. The lowest BCUT2D eigenvalue weighted by molar-refractivity contribution is 1.15. The fourth-order valence-electron chi connectivity index (χ4n) is 1.85. The van der Waals surface area contributed by atoms with Crippen LogP contribution in [0.4, 0.5) is 17.1 Å². The molecule has 0 unspecified atom stereocenters. The van der Waals surface area contributed by atoms with E-state index in [0.29, 0.717) is 5.56 Å². The van der Waals surface area contributed by atoms with Crippen LogP contribution < -0.4 is 10.2 Å². The Bertz CT molecular complexity index is 601. The number of hydrogen-bond acceptors (Lipinski definition) is 4. The maximum absolute atomic E-state index is 8.94. The van der Waals surface area contributed by atoms with Gasteiger partial charge >= 0.3 is 0 Å². The van der Waals surface area contributed by atoms with Crippen LogP contribution >= 0.6 is 0 Å². The van der Waals surface area contributed by atoms with E-state index in [1.807, 2.05) is 43.1 Å². The lowest BCUT2D eigenvalue weighted by Crippen LogP contribution is -2.10. The summed E-state index contributed by atoms with van der Waals surface area (Å²) in [6, 6.07) is 11.7. The minimum absolute atomic E-state index is 0.653. The number of hydrogen-bond donors (Lipinski definition) is 1. The molecule has 0 aliphatic rings. The van der Waals surface area contributed by atoms with Gasteiger partial charge in [-0.15, -0.1) is 0 Å². The average molecular weight is 252 g/mol. The van der Waals surface area contributed by atoms with Crippen molar-refractivity contribution >= 4 is 17.1 Å². The lowest BCUT2D eigenvalue weighted by Gasteiger charge is -2.20. The first-order valence-electron chi connectivity index (χ1n) is 6.17. The highest BCUT2D eigenvalue weighted by Gasteiger charge is 2.06. The van der Waals surface area contributed by atoms with Gasteiger partial charge in [-0.1, -0.05) is 6.07 Å². The van der Waals surface area contributed by atoms with Crippen LogP contribution in [0.3, 0.4) is 0 Å². The van der Waals surface area contributed by atoms with Gasteiger partial charge in [0, 0.05) is 19.3 Å². The number of nitrogens with one attached hydrogen (secondary N) is 1. The molecule has 0 aliphatic heterocycles. The Balaban J connectivity index is 2.30. The van der Waals surface area contributed by atoms with E-state index in [0.717, 1.165) is 23.6 Å². The first kappa shape index (κ1) is 12.9. The fourth-order valence-corrected chi connectivity index (χ4v) is 1.85. The van der Waals surface area contributed by atoms with Crippen molar-refractivity contribution in [3.05, 3.63) is 48.3 Å². The van der Waals surface area contributed by atoms with Crippen molar-refractivity contribution in [1.29, 1.82) is 5.26 Å². The molecule has 19 heavy (non-hydrogen) atoms. The highest BCUT2D eigenvalue weighted by atomic mass is 15.1. The minimum atomic E-state index is 0.653. The van der Waals surface area contributed by atoms with E-state index in [9.17, 15) is 0 Å². The summed E-state index contributed by atoms with van der Waals surface area (Å²) in [7, 11) is 1.96. The predicted molar refractivity (Wildman–Crippen MR) is 77.6 cm³/mol. The molecule has 2 rings (SSSR count). The van der Waals surface area contributed by atoms with Gasteiger partial charge in [-0.05, 0) is 31.2 Å². The van der Waals surface area contributed by atoms with Gasteiger partial charge in [-0.3, -0.25) is 4.98 Å². The SMILES string of the molecule is CCNc1cncc(N(C)c2cccc(C#N)c2)c1. The number of nitriles is 1. The van der Waals surface area contributed by atoms with Crippen LogP contribution in [0.25, 0.3) is 0 Å². The molecule has 0 spiro atoms. The second-order valence-electron chi connectivity index (χ2n) is 4.18. The van der Waals surface area contributed by atoms with Gasteiger partial charge in [-0.2, -0.15) is 5.26 Å². The summed E-state index contributed by atoms with van der Waals surface area (Å²) in [5.41, 5.74) is 3.59. The topological polar surface area (TPSA) is 52.0 Å². The molecule has 4 nitrogen and oxygen atoms in total. The summed E-state index contributed by atoms with van der Waals surface area (Å²) in [6.45, 7) is 2.91. The molecular formula is C15H16N4. The predicted octanol–water partition coefficient (Wildman–Crippen LogP) is 3.15. The minimum Gasteiger partial charge on any atom is -0.384 e. The van der Waals surface area contributed by atoms with Crippen molar-refractivity contribution in [2.24, 2.45) is 0 Å². The largest absolute Gasteiger partial charge is 0.384 e. The molecule has 0 radical (unpaired) electrons. The Hall–Kier alpha value is -2.54. The van der Waals surface area contributed by atoms with Crippen LogP contribution in [0, 0.1) is 11.3 Å². The van der Waals surface area contributed by atoms with E-state index in [4.69, 9.17) is 5.26 Å². The van der Waals surface area contributed by atoms with Crippen LogP contribution in [0.15, 0.2) is 42.7 Å². The zero-order valence-corrected chi connectivity index (χ0v) is 11.1. The smallest absolute Gasteiger partial charge is 0.0992 e. The average Bonchev–Trinajstić information content (AvgIpc) is 2.47. The standard InChI is InChI=1S/C15H16N4/c1-3-18-13-8-15(11-17-10-13)19(2)14-6-4-5-12(7-14)9-16/h4-8,10-11,18H,3H2,1-2H3. The van der Waals surface area contributed by atoms with Gasteiger partial charge in [0.25, 0.3) is 0 Å². The van der Waals surface area contributed by atoms with Crippen molar-refractivity contribution in [3.63, 3.8) is 0 Å². The highest BCUT2D eigenvalue weighted by molar-refractivity contribution is 5.66. The number of rotatable bonds is 4. The van der Waals surface area contributed by atoms with Gasteiger partial charge < -0.3 is 10.2 Å². The molecule has 0 bridgehead atoms. The second-order valence-corrected chi connectivity index (χ2v) is 4.18. The van der Waals surface area contributed by atoms with E-state index in [1.54, 1.807) is 18.5 Å². The zero-order valence-electron chi connectivity index (χ0n) is 11.1. The summed E-state index contributed by atoms with van der Waals surface area (Å²) < 4.78 is 0. The van der Waals surface area contributed by atoms with Gasteiger partial charge in [0.2, 0.25) is 0 Å². The third kappa shape index (κ3) is 3.02. The molecule has 4 heteroatoms. The number of nitrogens with zero attached hydrogens (tertiary/aromatic N) is 3. The third-order valence-electron chi connectivity index (χ3n) is 2.85. The number of benzene rings is 1. The molecule has 0 saturated heterocycles. The molecule has 1 aromatic carbocycles. The van der Waals surface area contributed by atoms with E-state index >= 15 is 0 Å². The Morgan fingerprint density at radius 2 is 2.11 bits per heavy atom. The van der Waals surface area contributed by atoms with E-state index in [-0.39, 0.29) is 0 Å². The van der Waals surface area contributed by atoms with Crippen molar-refractivity contribution in [2.45, 2.75) is 6.92 Å². The maximum Gasteiger partial charge on any atom is 0.0992 e. The lowest BCUT2D eigenvalue weighted by atomic mass is 10.2. The Labute approximate surface area is 113 Å². The van der Waals surface area contributed by atoms with Gasteiger partial charge in [0.1, 0.15) is 0 Å². The normalized spacial score (nSPS) is 9.74. The monoisotopic (exact) mass is 252 g/mol. The number of anilines is 3. The Morgan fingerprint density at radius 3 is 2.84 bits per heavy atom. The van der Waals surface area contributed by atoms with Crippen LogP contribution in [0.5, 0.6) is 0 Å². The molecule has 0 amide bonds. The van der Waals surface area contributed by atoms with Crippen LogP contribution in [0.2, 0.25) is 0 Å². The zero-order chi connectivity index (χ0) is 13.7. The van der Waals surface area contributed by atoms with Crippen LogP contribution in [0.1, 0.15) is 12.5 Å². The molecular weight excluding hydrogens is 236 g/mol. The molecule has 2 aromatic rings. The van der Waals surface area contributed by atoms with Crippen molar-refractivity contribution in [2.75, 3.05) is 23.8 Å². The van der Waals surface area contributed by atoms with Gasteiger partial charge in [-0.25, -0.2) is 0 Å². The highest BCUT2D eigenvalue weighted by Crippen LogP contribution is 2.25. The molecule has 96 valence electrons. The van der Waals surface area contributed by atoms with Crippen LogP contribution in [-0.4, -0.2) is 18.6 Å². The van der Waals surface area contributed by atoms with Crippen LogP contribution in [-0.2, 0) is 0 Å². The molecule has 0 saturated carbocycles. The number of pyridine rings is 1. The Kier molecular flexibility index (Phi) is 3.99. The molecule has 0 fully saturated rings. The van der Waals surface area contributed by atoms with Crippen molar-refractivity contribution in [1.82, 2.24) is 4.98 Å². The second kappa shape index (κ2) is 5.87. The summed E-state index contributed by atoms with van der Waals surface area (Å²) >= 11 is 0. The maximum atomic E-state index is 8.94. The Morgan fingerprint density at radius 1 is 1.26 bits per heavy atom. The van der Waals surface area contributed by atoms with E-state index in [2.05, 4.69) is 16.4 Å². The summed E-state index contributed by atoms with van der Waals surface area (Å²) in [5.74, 6) is 0. The van der Waals surface area contributed by atoms with Gasteiger partial charge in [0.15, 0.2) is 0 Å². The van der Waals surface area contributed by atoms with E-state index < -0.39 is 0 Å². The van der Waals surface area contributed by atoms with E-state index in [1.165, 1.54) is 0 Å². The van der Waals surface area contributed by atoms with Gasteiger partial charge in [0.05, 0.1) is 35.4 Å². The molecule has 0 aliphatic carbocycles. The van der Waals surface area contributed by atoms with Crippen molar-refractivity contribution in [3.8, 4) is 6.07 Å². The summed E-state index contributed by atoms with van der Waals surface area (Å²) in [5, 5.41) is 12.2. The van der Waals surface area contributed by atoms with Crippen molar-refractivity contribution < 1.29 is 0 Å². The fraction of sp³-hybridized carbons (Fsp3) is 0.200. The first-order chi connectivity index (χ1) is 9.24. The number of aromatic nitrogens is 1. The molecule has 1 aromatic heterocycles. The molecule has 1 N–H and O–H groups in total. The first-order valence-corrected chi connectivity index (χ1v) is 6.17. The quantitative estimate of drug-likeness (QED) is 0.908.